The number of benzene rings is 2. The standard InChI is InChI=1S/C17H18N2O2/c1-4-21-16-8-6-5-7-13(16)17-18-14-11-12(20-3)9-10-15(14)19(17)2/h5-11H,4H2,1-3H3. The maximum Gasteiger partial charge on any atom is 0.144 e. The molecule has 1 heterocycles. The van der Waals surface area contributed by atoms with Crippen molar-refractivity contribution in [1.29, 1.82) is 0 Å². The number of ether oxygens (including phenoxy) is 2. The number of fused-ring (bicyclic) bond motifs is 1. The molecule has 108 valence electrons. The molecule has 21 heavy (non-hydrogen) atoms. The largest absolute Gasteiger partial charge is 0.497 e. The Morgan fingerprint density at radius 3 is 2.71 bits per heavy atom. The average Bonchev–Trinajstić information content (AvgIpc) is 2.84. The summed E-state index contributed by atoms with van der Waals surface area (Å²) in [7, 11) is 3.68. The third-order valence-corrected chi connectivity index (χ3v) is 3.52. The van der Waals surface area contributed by atoms with Gasteiger partial charge in [0, 0.05) is 13.1 Å². The third kappa shape index (κ3) is 2.33. The summed E-state index contributed by atoms with van der Waals surface area (Å²) in [5, 5.41) is 0. The molecular formula is C17H18N2O2. The van der Waals surface area contributed by atoms with Crippen LogP contribution in [-0.2, 0) is 7.05 Å². The molecule has 0 saturated carbocycles. The van der Waals surface area contributed by atoms with E-state index in [1.54, 1.807) is 7.11 Å². The number of aromatic nitrogens is 2. The third-order valence-electron chi connectivity index (χ3n) is 3.52. The van der Waals surface area contributed by atoms with Gasteiger partial charge in [-0.2, -0.15) is 0 Å². The first kappa shape index (κ1) is 13.5. The molecule has 1 aromatic heterocycles. The predicted molar refractivity (Wildman–Crippen MR) is 83.9 cm³/mol. The van der Waals surface area contributed by atoms with Gasteiger partial charge in [-0.05, 0) is 31.2 Å². The topological polar surface area (TPSA) is 36.3 Å². The lowest BCUT2D eigenvalue weighted by molar-refractivity contribution is 0.341. The zero-order valence-electron chi connectivity index (χ0n) is 12.5. The van der Waals surface area contributed by atoms with Crippen LogP contribution < -0.4 is 9.47 Å². The molecule has 0 bridgehead atoms. The maximum absolute atomic E-state index is 5.71. The minimum atomic E-state index is 0.634. The van der Waals surface area contributed by atoms with Crippen molar-refractivity contribution in [3.8, 4) is 22.9 Å². The summed E-state index contributed by atoms with van der Waals surface area (Å²) in [4.78, 5) is 4.74. The Bertz CT molecular complexity index is 778. The number of para-hydroxylation sites is 1. The first-order valence-electron chi connectivity index (χ1n) is 6.97. The van der Waals surface area contributed by atoms with E-state index >= 15 is 0 Å². The molecular weight excluding hydrogens is 264 g/mol. The minimum absolute atomic E-state index is 0.634. The van der Waals surface area contributed by atoms with Crippen LogP contribution in [0.3, 0.4) is 0 Å². The van der Waals surface area contributed by atoms with Gasteiger partial charge < -0.3 is 14.0 Å². The Balaban J connectivity index is 2.19. The van der Waals surface area contributed by atoms with Gasteiger partial charge in [-0.3, -0.25) is 0 Å². The molecule has 0 spiro atoms. The van der Waals surface area contributed by atoms with Crippen molar-refractivity contribution < 1.29 is 9.47 Å². The van der Waals surface area contributed by atoms with E-state index in [1.165, 1.54) is 0 Å². The van der Waals surface area contributed by atoms with E-state index < -0.39 is 0 Å². The quantitative estimate of drug-likeness (QED) is 0.733. The first-order valence-corrected chi connectivity index (χ1v) is 6.97. The highest BCUT2D eigenvalue weighted by atomic mass is 16.5. The van der Waals surface area contributed by atoms with Crippen LogP contribution in [0, 0.1) is 0 Å². The van der Waals surface area contributed by atoms with Crippen molar-refractivity contribution >= 4 is 11.0 Å². The summed E-state index contributed by atoms with van der Waals surface area (Å²) in [6.07, 6.45) is 0. The minimum Gasteiger partial charge on any atom is -0.497 e. The molecule has 4 nitrogen and oxygen atoms in total. The smallest absolute Gasteiger partial charge is 0.144 e. The molecule has 2 aromatic carbocycles. The molecule has 3 rings (SSSR count). The number of hydrogen-bond acceptors (Lipinski definition) is 3. The van der Waals surface area contributed by atoms with E-state index in [0.717, 1.165) is 33.9 Å². The summed E-state index contributed by atoms with van der Waals surface area (Å²) >= 11 is 0. The molecule has 0 radical (unpaired) electrons. The second-order valence-electron chi connectivity index (χ2n) is 4.78. The fourth-order valence-electron chi connectivity index (χ4n) is 2.48. The highest BCUT2D eigenvalue weighted by Gasteiger charge is 2.14. The lowest BCUT2D eigenvalue weighted by Crippen LogP contribution is -1.97. The Hall–Kier alpha value is -2.49. The van der Waals surface area contributed by atoms with Crippen LogP contribution in [0.2, 0.25) is 0 Å². The molecule has 0 fully saturated rings. The van der Waals surface area contributed by atoms with E-state index in [9.17, 15) is 0 Å². The molecule has 0 aliphatic rings. The first-order chi connectivity index (χ1) is 10.2. The van der Waals surface area contributed by atoms with E-state index in [-0.39, 0.29) is 0 Å². The van der Waals surface area contributed by atoms with Gasteiger partial charge in [0.25, 0.3) is 0 Å². The summed E-state index contributed by atoms with van der Waals surface area (Å²) in [6.45, 7) is 2.62. The number of aryl methyl sites for hydroxylation is 1. The van der Waals surface area contributed by atoms with Gasteiger partial charge in [-0.25, -0.2) is 4.98 Å². The van der Waals surface area contributed by atoms with Crippen LogP contribution in [-0.4, -0.2) is 23.3 Å². The lowest BCUT2D eigenvalue weighted by atomic mass is 10.2. The van der Waals surface area contributed by atoms with Gasteiger partial charge in [-0.15, -0.1) is 0 Å². The van der Waals surface area contributed by atoms with E-state index in [1.807, 2.05) is 56.4 Å². The van der Waals surface area contributed by atoms with Crippen molar-refractivity contribution in [2.45, 2.75) is 6.92 Å². The Labute approximate surface area is 123 Å². The zero-order valence-corrected chi connectivity index (χ0v) is 12.5. The highest BCUT2D eigenvalue weighted by molar-refractivity contribution is 5.83. The molecule has 0 atom stereocenters. The number of methoxy groups -OCH3 is 1. The average molecular weight is 282 g/mol. The summed E-state index contributed by atoms with van der Waals surface area (Å²) < 4.78 is 13.1. The van der Waals surface area contributed by atoms with Crippen LogP contribution in [0.25, 0.3) is 22.4 Å². The normalized spacial score (nSPS) is 10.8. The second kappa shape index (κ2) is 5.48. The van der Waals surface area contributed by atoms with Gasteiger partial charge >= 0.3 is 0 Å². The molecule has 3 aromatic rings. The van der Waals surface area contributed by atoms with Gasteiger partial charge in [0.15, 0.2) is 0 Å². The second-order valence-corrected chi connectivity index (χ2v) is 4.78. The van der Waals surface area contributed by atoms with E-state index in [2.05, 4.69) is 4.57 Å². The molecule has 0 N–H and O–H groups in total. The Morgan fingerprint density at radius 1 is 1.14 bits per heavy atom. The maximum atomic E-state index is 5.71. The van der Waals surface area contributed by atoms with Gasteiger partial charge in [-0.1, -0.05) is 12.1 Å². The number of nitrogens with zero attached hydrogens (tertiary/aromatic N) is 2. The molecule has 0 aliphatic heterocycles. The Kier molecular flexibility index (Phi) is 3.52. The zero-order chi connectivity index (χ0) is 14.8. The van der Waals surface area contributed by atoms with Crippen molar-refractivity contribution in [3.05, 3.63) is 42.5 Å². The monoisotopic (exact) mass is 282 g/mol. The van der Waals surface area contributed by atoms with Crippen LogP contribution in [0.15, 0.2) is 42.5 Å². The van der Waals surface area contributed by atoms with Crippen molar-refractivity contribution in [2.75, 3.05) is 13.7 Å². The van der Waals surface area contributed by atoms with Gasteiger partial charge in [0.1, 0.15) is 17.3 Å². The molecule has 4 heteroatoms. The highest BCUT2D eigenvalue weighted by Crippen LogP contribution is 2.32. The molecule has 0 aliphatic carbocycles. The van der Waals surface area contributed by atoms with Crippen molar-refractivity contribution in [2.24, 2.45) is 7.05 Å². The lowest BCUT2D eigenvalue weighted by Gasteiger charge is -2.09. The number of rotatable bonds is 4. The summed E-state index contributed by atoms with van der Waals surface area (Å²) in [5.74, 6) is 2.55. The molecule has 0 unspecified atom stereocenters. The predicted octanol–water partition coefficient (Wildman–Crippen LogP) is 3.65. The molecule has 0 saturated heterocycles. The number of imidazole rings is 1. The number of hydrogen-bond donors (Lipinski definition) is 0. The summed E-state index contributed by atoms with van der Waals surface area (Å²) in [5.41, 5.74) is 2.98. The van der Waals surface area contributed by atoms with Crippen LogP contribution in [0.1, 0.15) is 6.92 Å². The van der Waals surface area contributed by atoms with Crippen LogP contribution >= 0.6 is 0 Å². The SMILES string of the molecule is CCOc1ccccc1-c1nc2cc(OC)ccc2n1C. The fraction of sp³-hybridized carbons (Fsp3) is 0.235. The van der Waals surface area contributed by atoms with E-state index in [4.69, 9.17) is 14.5 Å². The summed E-state index contributed by atoms with van der Waals surface area (Å²) in [6, 6.07) is 13.9. The van der Waals surface area contributed by atoms with Crippen molar-refractivity contribution in [1.82, 2.24) is 9.55 Å². The van der Waals surface area contributed by atoms with Gasteiger partial charge in [0.2, 0.25) is 0 Å². The van der Waals surface area contributed by atoms with Crippen molar-refractivity contribution in [3.63, 3.8) is 0 Å². The fourth-order valence-corrected chi connectivity index (χ4v) is 2.48. The van der Waals surface area contributed by atoms with Crippen LogP contribution in [0.4, 0.5) is 0 Å². The van der Waals surface area contributed by atoms with Crippen LogP contribution in [0.5, 0.6) is 11.5 Å². The van der Waals surface area contributed by atoms with Gasteiger partial charge in [0.05, 0.1) is 30.3 Å². The van der Waals surface area contributed by atoms with E-state index in [0.29, 0.717) is 6.61 Å². The molecule has 0 amide bonds. The Morgan fingerprint density at radius 2 is 1.95 bits per heavy atom.